The number of carbonyl (C=O) groups is 1. The molecule has 0 saturated heterocycles. The van der Waals surface area contributed by atoms with Gasteiger partial charge >= 0.3 is 0 Å². The van der Waals surface area contributed by atoms with Crippen molar-refractivity contribution < 1.29 is 28.2 Å². The second-order valence-corrected chi connectivity index (χ2v) is 14.1. The maximum absolute atomic E-state index is 13.1. The second kappa shape index (κ2) is 12.4. The van der Waals surface area contributed by atoms with Gasteiger partial charge in [0.1, 0.15) is 5.75 Å². The lowest BCUT2D eigenvalue weighted by molar-refractivity contribution is 0.0178. The van der Waals surface area contributed by atoms with Gasteiger partial charge in [0.25, 0.3) is 5.91 Å². The van der Waals surface area contributed by atoms with Crippen molar-refractivity contribution in [1.29, 1.82) is 0 Å². The predicted octanol–water partition coefficient (Wildman–Crippen LogP) is 4.38. The third kappa shape index (κ3) is 6.39. The summed E-state index contributed by atoms with van der Waals surface area (Å²) in [5.74, 6) is -0.429. The molecule has 3 aliphatic rings. The summed E-state index contributed by atoms with van der Waals surface area (Å²) in [6.07, 6.45) is 6.44. The van der Waals surface area contributed by atoms with Crippen molar-refractivity contribution >= 4 is 33.2 Å². The number of aliphatic hydroxyl groups excluding tert-OH is 2. The number of anilines is 1. The third-order valence-corrected chi connectivity index (χ3v) is 10.6. The van der Waals surface area contributed by atoms with E-state index in [-0.39, 0.29) is 22.8 Å². The number of benzene rings is 2. The highest BCUT2D eigenvalue weighted by Gasteiger charge is 2.44. The van der Waals surface area contributed by atoms with E-state index in [9.17, 15) is 23.4 Å². The number of aryl methyl sites for hydroxylation is 1. The molecule has 1 saturated carbocycles. The Morgan fingerprint density at radius 3 is 2.74 bits per heavy atom. The number of carbonyl (C=O) groups excluding carboxylic acids is 1. The number of hydrogen-bond acceptors (Lipinski definition) is 7. The van der Waals surface area contributed by atoms with Gasteiger partial charge in [0.2, 0.25) is 10.0 Å². The minimum atomic E-state index is -4.09. The summed E-state index contributed by atoms with van der Waals surface area (Å²) in [5.41, 5.74) is 3.02. The molecule has 0 bridgehead atoms. The van der Waals surface area contributed by atoms with Crippen molar-refractivity contribution in [2.45, 2.75) is 56.1 Å². The normalized spacial score (nSPS) is 24.7. The van der Waals surface area contributed by atoms with E-state index in [0.717, 1.165) is 38.2 Å². The van der Waals surface area contributed by atoms with Gasteiger partial charge in [-0.15, -0.1) is 13.2 Å². The van der Waals surface area contributed by atoms with Crippen LogP contribution in [0.2, 0.25) is 5.02 Å². The lowest BCUT2D eigenvalue weighted by atomic mass is 9.68. The summed E-state index contributed by atoms with van der Waals surface area (Å²) in [5, 5.41) is 21.2. The monoisotopic (exact) mass is 614 g/mol. The van der Waals surface area contributed by atoms with Crippen LogP contribution in [-0.2, 0) is 21.9 Å². The van der Waals surface area contributed by atoms with Crippen LogP contribution in [0.1, 0.15) is 53.6 Å². The first-order valence-corrected chi connectivity index (χ1v) is 16.5. The molecule has 2 aromatic carbocycles. The van der Waals surface area contributed by atoms with Crippen LogP contribution in [0.3, 0.4) is 0 Å². The van der Waals surface area contributed by atoms with Crippen LogP contribution in [0.4, 0.5) is 5.69 Å². The molecule has 0 radical (unpaired) electrons. The maximum Gasteiger partial charge on any atom is 0.264 e. The second-order valence-electron chi connectivity index (χ2n) is 11.9. The summed E-state index contributed by atoms with van der Waals surface area (Å²) in [4.78, 5) is 15.4. The molecule has 42 heavy (non-hydrogen) atoms. The molecular weight excluding hydrogens is 576 g/mol. The highest BCUT2D eigenvalue weighted by Crippen LogP contribution is 2.46. The van der Waals surface area contributed by atoms with Gasteiger partial charge in [0.05, 0.1) is 30.3 Å². The number of hydrogen-bond donors (Lipinski definition) is 3. The van der Waals surface area contributed by atoms with Crippen LogP contribution >= 0.6 is 11.6 Å². The number of sulfonamides is 1. The molecule has 5 atom stereocenters. The Bertz CT molecular complexity index is 1460. The molecule has 5 rings (SSSR count). The fourth-order valence-corrected chi connectivity index (χ4v) is 8.01. The van der Waals surface area contributed by atoms with Gasteiger partial charge in [-0.2, -0.15) is 0 Å². The standard InChI is InChI=1S/C32H39ClN2O6S/c1-3-6-29(37)26-11-8-23(26)17-35-19-32(14-5-7-21-15-24(33)10-12-27(21)32)20-41-30-13-9-22(16-28(30)35)31(38)34-42(39,40)18-25(36)4-2/h3-4,9-10,12-13,15-16,23,25-26,29,36-37H,1-2,5-8,11,14,17-20H2,(H,34,38)/t23-,25-,26+,29+,32-/m0/s1. The molecule has 0 aromatic heterocycles. The lowest BCUT2D eigenvalue weighted by Gasteiger charge is -2.45. The van der Waals surface area contributed by atoms with Gasteiger partial charge in [-0.1, -0.05) is 29.8 Å². The Morgan fingerprint density at radius 1 is 1.21 bits per heavy atom. The van der Waals surface area contributed by atoms with E-state index < -0.39 is 33.9 Å². The molecule has 10 heteroatoms. The van der Waals surface area contributed by atoms with Crippen LogP contribution in [0.25, 0.3) is 0 Å². The summed E-state index contributed by atoms with van der Waals surface area (Å²) < 4.78 is 33.5. The average molecular weight is 615 g/mol. The van der Waals surface area contributed by atoms with Gasteiger partial charge in [0.15, 0.2) is 0 Å². The van der Waals surface area contributed by atoms with Gasteiger partial charge in [-0.25, -0.2) is 13.1 Å². The number of nitrogens with one attached hydrogen (secondary N) is 1. The van der Waals surface area contributed by atoms with E-state index in [2.05, 4.69) is 28.8 Å². The summed E-state index contributed by atoms with van der Waals surface area (Å²) in [6, 6.07) is 11.0. The minimum Gasteiger partial charge on any atom is -0.490 e. The zero-order valence-electron chi connectivity index (χ0n) is 23.7. The molecule has 1 heterocycles. The van der Waals surface area contributed by atoms with Crippen LogP contribution in [0.5, 0.6) is 5.75 Å². The molecule has 1 amide bonds. The molecular formula is C32H39ClN2O6S. The SMILES string of the molecule is C=CC[C@@H](O)[C@@H]1CC[C@H]1CN1C[C@@]2(CCCc3cc(Cl)ccc32)COc2ccc(C(=O)NS(=O)(=O)C[C@@H](O)C=C)cc21. The number of nitrogens with zero attached hydrogens (tertiary/aromatic N) is 1. The summed E-state index contributed by atoms with van der Waals surface area (Å²) in [7, 11) is -4.09. The highest BCUT2D eigenvalue weighted by molar-refractivity contribution is 7.90. The Morgan fingerprint density at radius 2 is 2.02 bits per heavy atom. The van der Waals surface area contributed by atoms with Gasteiger partial charge < -0.3 is 19.8 Å². The van der Waals surface area contributed by atoms with E-state index in [0.29, 0.717) is 42.6 Å². The number of ether oxygens (including phenoxy) is 1. The van der Waals surface area contributed by atoms with E-state index in [1.54, 1.807) is 24.3 Å². The van der Waals surface area contributed by atoms with Crippen molar-refractivity contribution in [3.05, 3.63) is 83.4 Å². The molecule has 0 unspecified atom stereocenters. The van der Waals surface area contributed by atoms with E-state index in [4.69, 9.17) is 16.3 Å². The average Bonchev–Trinajstić information content (AvgIpc) is 3.07. The smallest absolute Gasteiger partial charge is 0.264 e. The third-order valence-electron chi connectivity index (χ3n) is 9.04. The number of halogens is 1. The molecule has 8 nitrogen and oxygen atoms in total. The zero-order chi connectivity index (χ0) is 30.1. The molecule has 226 valence electrons. The van der Waals surface area contributed by atoms with Crippen LogP contribution in [0.15, 0.2) is 61.7 Å². The highest BCUT2D eigenvalue weighted by atomic mass is 35.5. The van der Waals surface area contributed by atoms with Gasteiger partial charge in [-0.05, 0) is 91.8 Å². The molecule has 3 N–H and O–H groups in total. The number of fused-ring (bicyclic) bond motifs is 3. The Balaban J connectivity index is 1.49. The summed E-state index contributed by atoms with van der Waals surface area (Å²) in [6.45, 7) is 8.94. The fraction of sp³-hybridized carbons (Fsp3) is 0.469. The first-order valence-electron chi connectivity index (χ1n) is 14.5. The predicted molar refractivity (Wildman–Crippen MR) is 165 cm³/mol. The quantitative estimate of drug-likeness (QED) is 0.340. The Kier molecular flexibility index (Phi) is 9.04. The van der Waals surface area contributed by atoms with Gasteiger partial charge in [-0.3, -0.25) is 4.79 Å². The van der Waals surface area contributed by atoms with E-state index in [1.807, 2.05) is 12.1 Å². The zero-order valence-corrected chi connectivity index (χ0v) is 25.2. The van der Waals surface area contributed by atoms with Crippen LogP contribution in [-0.4, -0.2) is 62.2 Å². The minimum absolute atomic E-state index is 0.150. The first kappa shape index (κ1) is 30.6. The van der Waals surface area contributed by atoms with Gasteiger partial charge in [0, 0.05) is 29.1 Å². The lowest BCUT2D eigenvalue weighted by Crippen LogP contribution is -2.49. The molecule has 1 fully saturated rings. The van der Waals surface area contributed by atoms with Crippen LogP contribution < -0.4 is 14.4 Å². The molecule has 2 aromatic rings. The number of aliphatic hydroxyl groups is 2. The first-order chi connectivity index (χ1) is 20.0. The Labute approximate surface area is 253 Å². The largest absolute Gasteiger partial charge is 0.490 e. The van der Waals surface area contributed by atoms with Crippen molar-refractivity contribution in [2.24, 2.45) is 11.8 Å². The van der Waals surface area contributed by atoms with Crippen molar-refractivity contribution in [3.8, 4) is 5.75 Å². The van der Waals surface area contributed by atoms with E-state index >= 15 is 0 Å². The maximum atomic E-state index is 13.1. The molecule has 2 aliphatic carbocycles. The Hall–Kier alpha value is -2.85. The molecule has 1 spiro atoms. The van der Waals surface area contributed by atoms with Crippen molar-refractivity contribution in [3.63, 3.8) is 0 Å². The topological polar surface area (TPSA) is 116 Å². The van der Waals surface area contributed by atoms with E-state index in [1.165, 1.54) is 11.1 Å². The fourth-order valence-electron chi connectivity index (χ4n) is 6.75. The number of rotatable bonds is 10. The van der Waals surface area contributed by atoms with Crippen LogP contribution in [0, 0.1) is 11.8 Å². The summed E-state index contributed by atoms with van der Waals surface area (Å²) >= 11 is 6.36. The molecule has 1 aliphatic heterocycles. The van der Waals surface area contributed by atoms with Crippen molar-refractivity contribution in [1.82, 2.24) is 4.72 Å². The van der Waals surface area contributed by atoms with Crippen molar-refractivity contribution in [2.75, 3.05) is 30.3 Å². The number of amides is 1.